The minimum Gasteiger partial charge on any atom is -0.465 e. The Morgan fingerprint density at radius 2 is 1.87 bits per heavy atom. The first kappa shape index (κ1) is 19.7. The highest BCUT2D eigenvalue weighted by molar-refractivity contribution is 5.96. The molecule has 7 heteroatoms. The molecule has 0 saturated heterocycles. The van der Waals surface area contributed by atoms with Crippen LogP contribution in [0.1, 0.15) is 27.2 Å². The van der Waals surface area contributed by atoms with Crippen LogP contribution in [-0.2, 0) is 17.3 Å². The van der Waals surface area contributed by atoms with Crippen molar-refractivity contribution < 1.29 is 27.1 Å². The predicted molar refractivity (Wildman–Crippen MR) is 105 cm³/mol. The first-order valence-electron chi connectivity index (χ1n) is 9.07. The quantitative estimate of drug-likeness (QED) is 0.393. The SMILES string of the molecule is COC(=O)c1ccnc(-c2cccc3oc(Cc4cccc(C(F)(F)F)c4)cc23)c1. The first-order valence-corrected chi connectivity index (χ1v) is 9.07. The van der Waals surface area contributed by atoms with Crippen LogP contribution < -0.4 is 0 Å². The van der Waals surface area contributed by atoms with Crippen LogP contribution in [0.25, 0.3) is 22.2 Å². The summed E-state index contributed by atoms with van der Waals surface area (Å²) >= 11 is 0. The second-order valence-corrected chi connectivity index (χ2v) is 6.73. The maximum absolute atomic E-state index is 13.0. The lowest BCUT2D eigenvalue weighted by Gasteiger charge is -2.07. The molecule has 0 aliphatic heterocycles. The van der Waals surface area contributed by atoms with E-state index in [4.69, 9.17) is 9.15 Å². The normalized spacial score (nSPS) is 11.6. The summed E-state index contributed by atoms with van der Waals surface area (Å²) in [6.45, 7) is 0. The summed E-state index contributed by atoms with van der Waals surface area (Å²) in [5, 5.41) is 0.758. The number of halogens is 3. The van der Waals surface area contributed by atoms with Crippen molar-refractivity contribution in [2.45, 2.75) is 12.6 Å². The van der Waals surface area contributed by atoms with Crippen LogP contribution in [-0.4, -0.2) is 18.1 Å². The third-order valence-corrected chi connectivity index (χ3v) is 4.70. The molecule has 0 bridgehead atoms. The Morgan fingerprint density at radius 1 is 1.07 bits per heavy atom. The van der Waals surface area contributed by atoms with Crippen molar-refractivity contribution >= 4 is 16.9 Å². The van der Waals surface area contributed by atoms with Crippen molar-refractivity contribution in [3.63, 3.8) is 0 Å². The number of hydrogen-bond donors (Lipinski definition) is 0. The lowest BCUT2D eigenvalue weighted by molar-refractivity contribution is -0.137. The monoisotopic (exact) mass is 411 g/mol. The van der Waals surface area contributed by atoms with Crippen molar-refractivity contribution in [1.82, 2.24) is 4.98 Å². The zero-order valence-corrected chi connectivity index (χ0v) is 15.9. The number of rotatable bonds is 4. The molecule has 2 heterocycles. The molecule has 0 fully saturated rings. The summed E-state index contributed by atoms with van der Waals surface area (Å²) < 4.78 is 49.5. The van der Waals surface area contributed by atoms with Crippen LogP contribution >= 0.6 is 0 Å². The fraction of sp³-hybridized carbons (Fsp3) is 0.130. The molecule has 0 N–H and O–H groups in total. The third-order valence-electron chi connectivity index (χ3n) is 4.70. The van der Waals surface area contributed by atoms with Crippen LogP contribution in [0.5, 0.6) is 0 Å². The zero-order valence-electron chi connectivity index (χ0n) is 15.9. The maximum Gasteiger partial charge on any atom is 0.416 e. The molecule has 0 amide bonds. The zero-order chi connectivity index (χ0) is 21.3. The minimum absolute atomic E-state index is 0.216. The summed E-state index contributed by atoms with van der Waals surface area (Å²) in [4.78, 5) is 16.2. The Hall–Kier alpha value is -3.61. The molecule has 0 spiro atoms. The number of carbonyl (C=O) groups is 1. The van der Waals surface area contributed by atoms with Gasteiger partial charge in [0.2, 0.25) is 0 Å². The Labute approximate surface area is 169 Å². The molecule has 0 atom stereocenters. The number of methoxy groups -OCH3 is 1. The number of furan rings is 1. The van der Waals surface area contributed by atoms with Gasteiger partial charge in [0.15, 0.2) is 0 Å². The van der Waals surface area contributed by atoms with Gasteiger partial charge in [-0.3, -0.25) is 4.98 Å². The molecule has 4 rings (SSSR count). The van der Waals surface area contributed by atoms with Crippen molar-refractivity contribution in [3.8, 4) is 11.3 Å². The van der Waals surface area contributed by atoms with Gasteiger partial charge in [0.25, 0.3) is 0 Å². The van der Waals surface area contributed by atoms with E-state index in [2.05, 4.69) is 4.98 Å². The molecular formula is C23H16F3NO3. The van der Waals surface area contributed by atoms with Crippen molar-refractivity contribution in [2.24, 2.45) is 0 Å². The van der Waals surface area contributed by atoms with Crippen molar-refractivity contribution in [1.29, 1.82) is 0 Å². The highest BCUT2D eigenvalue weighted by Crippen LogP contribution is 2.33. The highest BCUT2D eigenvalue weighted by Gasteiger charge is 2.30. The molecule has 4 aromatic rings. The molecule has 2 aromatic carbocycles. The van der Waals surface area contributed by atoms with Crippen molar-refractivity contribution in [3.05, 3.63) is 89.3 Å². The fourth-order valence-electron chi connectivity index (χ4n) is 3.31. The smallest absolute Gasteiger partial charge is 0.416 e. The number of ether oxygens (including phenoxy) is 1. The summed E-state index contributed by atoms with van der Waals surface area (Å²) in [6, 6.07) is 15.6. The number of pyridine rings is 1. The van der Waals surface area contributed by atoms with E-state index in [0.29, 0.717) is 28.2 Å². The summed E-state index contributed by atoms with van der Waals surface area (Å²) in [5.74, 6) is 0.0594. The van der Waals surface area contributed by atoms with E-state index < -0.39 is 17.7 Å². The van der Waals surface area contributed by atoms with Gasteiger partial charge in [-0.25, -0.2) is 4.79 Å². The molecule has 152 valence electrons. The third kappa shape index (κ3) is 3.91. The van der Waals surface area contributed by atoms with Crippen molar-refractivity contribution in [2.75, 3.05) is 7.11 Å². The van der Waals surface area contributed by atoms with E-state index in [1.807, 2.05) is 6.07 Å². The van der Waals surface area contributed by atoms with Gasteiger partial charge >= 0.3 is 12.1 Å². The number of fused-ring (bicyclic) bond motifs is 1. The van der Waals surface area contributed by atoms with E-state index in [0.717, 1.165) is 23.1 Å². The topological polar surface area (TPSA) is 52.3 Å². The highest BCUT2D eigenvalue weighted by atomic mass is 19.4. The summed E-state index contributed by atoms with van der Waals surface area (Å²) in [7, 11) is 1.30. The Bertz CT molecular complexity index is 1230. The average molecular weight is 411 g/mol. The summed E-state index contributed by atoms with van der Waals surface area (Å²) in [6.07, 6.45) is -2.66. The molecule has 0 aliphatic rings. The van der Waals surface area contributed by atoms with E-state index in [1.165, 1.54) is 19.4 Å². The Kier molecular flexibility index (Phi) is 5.03. The number of aromatic nitrogens is 1. The predicted octanol–water partition coefficient (Wildman–Crippen LogP) is 5.89. The second-order valence-electron chi connectivity index (χ2n) is 6.73. The van der Waals surface area contributed by atoms with Crippen LogP contribution in [0, 0.1) is 0 Å². The molecule has 0 unspecified atom stereocenters. The number of hydrogen-bond acceptors (Lipinski definition) is 4. The number of nitrogens with zero attached hydrogens (tertiary/aromatic N) is 1. The van der Waals surface area contributed by atoms with E-state index in [-0.39, 0.29) is 6.42 Å². The summed E-state index contributed by atoms with van der Waals surface area (Å²) in [5.41, 5.74) is 2.07. The van der Waals surface area contributed by atoms with Crippen LogP contribution in [0.15, 0.2) is 71.3 Å². The molecule has 0 saturated carbocycles. The lowest BCUT2D eigenvalue weighted by atomic mass is 10.0. The van der Waals surface area contributed by atoms with Gasteiger partial charge in [-0.1, -0.05) is 30.3 Å². The first-order chi connectivity index (χ1) is 14.3. The van der Waals surface area contributed by atoms with Crippen LogP contribution in [0.4, 0.5) is 13.2 Å². The maximum atomic E-state index is 13.0. The molecular weight excluding hydrogens is 395 g/mol. The van der Waals surface area contributed by atoms with Gasteiger partial charge in [0.1, 0.15) is 11.3 Å². The molecule has 4 nitrogen and oxygen atoms in total. The van der Waals surface area contributed by atoms with Gasteiger partial charge < -0.3 is 9.15 Å². The van der Waals surface area contributed by atoms with Gasteiger partial charge in [0.05, 0.1) is 23.9 Å². The van der Waals surface area contributed by atoms with E-state index in [1.54, 1.807) is 36.4 Å². The van der Waals surface area contributed by atoms with Gasteiger partial charge in [0, 0.05) is 23.6 Å². The minimum atomic E-state index is -4.40. The molecule has 0 radical (unpaired) electrons. The van der Waals surface area contributed by atoms with Gasteiger partial charge in [-0.2, -0.15) is 13.2 Å². The van der Waals surface area contributed by atoms with Crippen LogP contribution in [0.3, 0.4) is 0 Å². The standard InChI is InChI=1S/C23H16F3NO3/c1-29-22(28)15-8-9-27-20(12-15)18-6-3-7-21-19(18)13-17(30-21)11-14-4-2-5-16(10-14)23(24,25)26/h2-10,12-13H,11H2,1H3. The number of benzene rings is 2. The van der Waals surface area contributed by atoms with E-state index >= 15 is 0 Å². The van der Waals surface area contributed by atoms with Gasteiger partial charge in [-0.05, 0) is 35.9 Å². The van der Waals surface area contributed by atoms with Crippen LogP contribution in [0.2, 0.25) is 0 Å². The largest absolute Gasteiger partial charge is 0.465 e. The fourth-order valence-corrected chi connectivity index (χ4v) is 3.31. The second kappa shape index (κ2) is 7.67. The van der Waals surface area contributed by atoms with E-state index in [9.17, 15) is 18.0 Å². The van der Waals surface area contributed by atoms with Gasteiger partial charge in [-0.15, -0.1) is 0 Å². The number of carbonyl (C=O) groups excluding carboxylic acids is 1. The number of alkyl halides is 3. The molecule has 30 heavy (non-hydrogen) atoms. The number of esters is 1. The molecule has 2 aromatic heterocycles. The Morgan fingerprint density at radius 3 is 2.63 bits per heavy atom. The Balaban J connectivity index is 1.71. The lowest BCUT2D eigenvalue weighted by Crippen LogP contribution is -2.05. The average Bonchev–Trinajstić information content (AvgIpc) is 3.15. The molecule has 0 aliphatic carbocycles.